The van der Waals surface area contributed by atoms with Gasteiger partial charge in [-0.25, -0.2) is 14.8 Å². The highest BCUT2D eigenvalue weighted by Crippen LogP contribution is 2.39. The van der Waals surface area contributed by atoms with Crippen molar-refractivity contribution in [3.05, 3.63) is 81.4 Å². The van der Waals surface area contributed by atoms with Gasteiger partial charge in [0.15, 0.2) is 0 Å². The Hall–Kier alpha value is -3.59. The number of aromatic nitrogens is 2. The average Bonchev–Trinajstić information content (AvgIpc) is 2.78. The van der Waals surface area contributed by atoms with Crippen LogP contribution in [-0.4, -0.2) is 21.7 Å². The Bertz CT molecular complexity index is 1500. The number of rotatable bonds is 3. The van der Waals surface area contributed by atoms with E-state index in [1.54, 1.807) is 12.1 Å². The monoisotopic (exact) mass is 502 g/mol. The maximum Gasteiger partial charge on any atom is 0.417 e. The third-order valence-corrected chi connectivity index (χ3v) is 6.16. The Labute approximate surface area is 202 Å². The maximum absolute atomic E-state index is 13.3. The van der Waals surface area contributed by atoms with Gasteiger partial charge < -0.3 is 13.9 Å². The number of halogens is 4. The van der Waals surface area contributed by atoms with E-state index in [-0.39, 0.29) is 17.1 Å². The molecule has 0 amide bonds. The van der Waals surface area contributed by atoms with E-state index in [9.17, 15) is 18.0 Å². The number of alkyl halides is 3. The van der Waals surface area contributed by atoms with E-state index in [1.165, 1.54) is 30.6 Å². The molecule has 10 heteroatoms. The second kappa shape index (κ2) is 8.27. The van der Waals surface area contributed by atoms with Crippen molar-refractivity contribution in [2.75, 3.05) is 0 Å². The van der Waals surface area contributed by atoms with Crippen molar-refractivity contribution in [2.45, 2.75) is 38.1 Å². The molecule has 0 aliphatic carbocycles. The number of benzene rings is 2. The third kappa shape index (κ3) is 4.55. The van der Waals surface area contributed by atoms with Crippen molar-refractivity contribution in [1.29, 1.82) is 0 Å². The van der Waals surface area contributed by atoms with Crippen molar-refractivity contribution in [2.24, 2.45) is 0 Å². The van der Waals surface area contributed by atoms with Crippen molar-refractivity contribution in [3.63, 3.8) is 0 Å². The van der Waals surface area contributed by atoms with Gasteiger partial charge in [0.05, 0.1) is 16.3 Å². The first kappa shape index (κ1) is 23.2. The molecule has 6 nitrogen and oxygen atoms in total. The SMILES string of the molecule is CC1(C)Oc2cc3oc(=O)ccc3cc2CC1Oc1cc(-c2ccc(Cl)c(C(F)(F)F)c2)ncn1. The van der Waals surface area contributed by atoms with Gasteiger partial charge in [-0.2, -0.15) is 13.2 Å². The van der Waals surface area contributed by atoms with Gasteiger partial charge >= 0.3 is 11.8 Å². The molecule has 0 bridgehead atoms. The molecule has 3 heterocycles. The molecular weight excluding hydrogens is 485 g/mol. The van der Waals surface area contributed by atoms with Gasteiger partial charge in [-0.15, -0.1) is 0 Å². The number of fused-ring (bicyclic) bond motifs is 2. The smallest absolute Gasteiger partial charge is 0.417 e. The van der Waals surface area contributed by atoms with Crippen LogP contribution in [0.2, 0.25) is 5.02 Å². The van der Waals surface area contributed by atoms with Gasteiger partial charge in [-0.3, -0.25) is 0 Å². The van der Waals surface area contributed by atoms with Crippen LogP contribution in [0.3, 0.4) is 0 Å². The first-order valence-corrected chi connectivity index (χ1v) is 11.0. The van der Waals surface area contributed by atoms with Crippen molar-refractivity contribution >= 4 is 22.6 Å². The van der Waals surface area contributed by atoms with E-state index in [2.05, 4.69) is 9.97 Å². The lowest BCUT2D eigenvalue weighted by molar-refractivity contribution is -0.137. The summed E-state index contributed by atoms with van der Waals surface area (Å²) in [4.78, 5) is 19.8. The zero-order chi connectivity index (χ0) is 25.0. The molecule has 0 saturated heterocycles. The van der Waals surface area contributed by atoms with Crippen LogP contribution in [-0.2, 0) is 12.6 Å². The highest BCUT2D eigenvalue weighted by molar-refractivity contribution is 6.31. The number of ether oxygens (including phenoxy) is 2. The Morgan fingerprint density at radius 2 is 1.89 bits per heavy atom. The Morgan fingerprint density at radius 3 is 2.66 bits per heavy atom. The minimum Gasteiger partial charge on any atom is -0.484 e. The molecule has 2 aromatic heterocycles. The first-order valence-electron chi connectivity index (χ1n) is 10.6. The fourth-order valence-corrected chi connectivity index (χ4v) is 4.21. The van der Waals surface area contributed by atoms with E-state index in [0.29, 0.717) is 17.8 Å². The Balaban J connectivity index is 1.45. The summed E-state index contributed by atoms with van der Waals surface area (Å²) in [7, 11) is 0. The first-order chi connectivity index (χ1) is 16.5. The van der Waals surface area contributed by atoms with Crippen LogP contribution in [0.25, 0.3) is 22.2 Å². The minimum absolute atomic E-state index is 0.190. The predicted octanol–water partition coefficient (Wildman–Crippen LogP) is 6.08. The van der Waals surface area contributed by atoms with E-state index < -0.39 is 34.1 Å². The normalized spacial score (nSPS) is 17.0. The average molecular weight is 503 g/mol. The molecule has 0 radical (unpaired) electrons. The van der Waals surface area contributed by atoms with E-state index in [4.69, 9.17) is 25.5 Å². The molecule has 5 rings (SSSR count). The third-order valence-electron chi connectivity index (χ3n) is 5.83. The van der Waals surface area contributed by atoms with Crippen LogP contribution >= 0.6 is 11.6 Å². The van der Waals surface area contributed by atoms with Crippen molar-refractivity contribution in [3.8, 4) is 22.9 Å². The van der Waals surface area contributed by atoms with E-state index in [0.717, 1.165) is 17.0 Å². The van der Waals surface area contributed by atoms with Crippen molar-refractivity contribution < 1.29 is 27.1 Å². The van der Waals surface area contributed by atoms with Gasteiger partial charge in [0.1, 0.15) is 29.4 Å². The molecule has 1 unspecified atom stereocenters. The standard InChI is InChI=1S/C25H18ClF3N2O4/c1-24(2)21(9-15-7-14-4-6-23(32)33-19(14)11-20(15)35-24)34-22-10-18(30-12-31-22)13-3-5-17(26)16(8-13)25(27,28)29/h3-8,10-12,21H,9H2,1-2H3. The highest BCUT2D eigenvalue weighted by Gasteiger charge is 2.39. The zero-order valence-corrected chi connectivity index (χ0v) is 19.3. The summed E-state index contributed by atoms with van der Waals surface area (Å²) in [6.07, 6.45) is -3.37. The molecule has 35 heavy (non-hydrogen) atoms. The van der Waals surface area contributed by atoms with Gasteiger partial charge in [-0.1, -0.05) is 17.7 Å². The van der Waals surface area contributed by atoms with Crippen LogP contribution < -0.4 is 15.1 Å². The molecule has 0 saturated carbocycles. The van der Waals surface area contributed by atoms with Crippen molar-refractivity contribution in [1.82, 2.24) is 9.97 Å². The second-order valence-electron chi connectivity index (χ2n) is 8.70. The molecule has 2 aromatic carbocycles. The topological polar surface area (TPSA) is 74.5 Å². The van der Waals surface area contributed by atoms with Crippen LogP contribution in [0, 0.1) is 0 Å². The van der Waals surface area contributed by atoms with Gasteiger partial charge in [0.25, 0.3) is 0 Å². The molecule has 4 aromatic rings. The second-order valence-corrected chi connectivity index (χ2v) is 9.11. The number of hydrogen-bond donors (Lipinski definition) is 0. The summed E-state index contributed by atoms with van der Waals surface area (Å²) >= 11 is 5.73. The number of hydrogen-bond acceptors (Lipinski definition) is 6. The van der Waals surface area contributed by atoms with Gasteiger partial charge in [0.2, 0.25) is 5.88 Å². The fraction of sp³-hybridized carbons (Fsp3) is 0.240. The number of nitrogens with zero attached hydrogens (tertiary/aromatic N) is 2. The molecule has 0 fully saturated rings. The summed E-state index contributed by atoms with van der Waals surface area (Å²) in [6, 6.07) is 11.6. The van der Waals surface area contributed by atoms with Crippen LogP contribution in [0.5, 0.6) is 11.6 Å². The van der Waals surface area contributed by atoms with Crippen LogP contribution in [0.1, 0.15) is 25.0 Å². The van der Waals surface area contributed by atoms with Gasteiger partial charge in [0, 0.05) is 35.6 Å². The fourth-order valence-electron chi connectivity index (χ4n) is 3.99. The summed E-state index contributed by atoms with van der Waals surface area (Å²) in [5.41, 5.74) is -0.412. The minimum atomic E-state index is -4.59. The van der Waals surface area contributed by atoms with E-state index >= 15 is 0 Å². The lowest BCUT2D eigenvalue weighted by Crippen LogP contribution is -2.49. The van der Waals surface area contributed by atoms with Crippen LogP contribution in [0.15, 0.2) is 64.1 Å². The highest BCUT2D eigenvalue weighted by atomic mass is 35.5. The molecular formula is C25H18ClF3N2O4. The maximum atomic E-state index is 13.3. The summed E-state index contributed by atoms with van der Waals surface area (Å²) < 4.78 is 57.4. The lowest BCUT2D eigenvalue weighted by Gasteiger charge is -2.39. The summed E-state index contributed by atoms with van der Waals surface area (Å²) in [5.74, 6) is 0.774. The molecule has 1 aliphatic rings. The summed E-state index contributed by atoms with van der Waals surface area (Å²) in [6.45, 7) is 3.70. The zero-order valence-electron chi connectivity index (χ0n) is 18.5. The summed E-state index contributed by atoms with van der Waals surface area (Å²) in [5, 5.41) is 0.358. The molecule has 180 valence electrons. The quantitative estimate of drug-likeness (QED) is 0.316. The molecule has 1 atom stereocenters. The van der Waals surface area contributed by atoms with Crippen LogP contribution in [0.4, 0.5) is 13.2 Å². The van der Waals surface area contributed by atoms with E-state index in [1.807, 2.05) is 19.9 Å². The van der Waals surface area contributed by atoms with Gasteiger partial charge in [-0.05, 0) is 43.7 Å². The lowest BCUT2D eigenvalue weighted by atomic mass is 9.90. The largest absolute Gasteiger partial charge is 0.484 e. The molecule has 1 aliphatic heterocycles. The Kier molecular flexibility index (Phi) is 5.47. The molecule has 0 spiro atoms. The Morgan fingerprint density at radius 1 is 1.09 bits per heavy atom. The predicted molar refractivity (Wildman–Crippen MR) is 123 cm³/mol. The molecule has 0 N–H and O–H groups in total.